The lowest BCUT2D eigenvalue weighted by atomic mass is 10.1. The van der Waals surface area contributed by atoms with E-state index in [1.54, 1.807) is 19.1 Å². The third-order valence-corrected chi connectivity index (χ3v) is 7.71. The molecule has 1 aliphatic heterocycles. The van der Waals surface area contributed by atoms with Gasteiger partial charge in [-0.05, 0) is 49.2 Å². The van der Waals surface area contributed by atoms with Gasteiger partial charge < -0.3 is 10.6 Å². The zero-order valence-corrected chi connectivity index (χ0v) is 17.5. The van der Waals surface area contributed by atoms with E-state index in [2.05, 4.69) is 10.6 Å². The number of hydrogen-bond donors (Lipinski definition) is 2. The molecule has 6 nitrogen and oxygen atoms in total. The number of sulfone groups is 1. The van der Waals surface area contributed by atoms with Crippen molar-refractivity contribution in [2.75, 3.05) is 22.1 Å². The van der Waals surface area contributed by atoms with Crippen molar-refractivity contribution in [1.29, 1.82) is 0 Å². The van der Waals surface area contributed by atoms with Crippen LogP contribution >= 0.6 is 11.8 Å². The van der Waals surface area contributed by atoms with Crippen LogP contribution in [-0.4, -0.2) is 31.7 Å². The molecule has 28 heavy (non-hydrogen) atoms. The van der Waals surface area contributed by atoms with Crippen molar-refractivity contribution >= 4 is 44.8 Å². The largest absolute Gasteiger partial charge is 0.326 e. The molecule has 0 spiro atoms. The van der Waals surface area contributed by atoms with Crippen molar-refractivity contribution in [3.05, 3.63) is 47.5 Å². The van der Waals surface area contributed by atoms with E-state index >= 15 is 0 Å². The summed E-state index contributed by atoms with van der Waals surface area (Å²) in [5.74, 6) is -1.24. The molecule has 1 atom stereocenters. The van der Waals surface area contributed by atoms with Gasteiger partial charge in [0.2, 0.25) is 11.8 Å². The fourth-order valence-electron chi connectivity index (χ4n) is 2.90. The van der Waals surface area contributed by atoms with Crippen molar-refractivity contribution in [2.24, 2.45) is 5.92 Å². The van der Waals surface area contributed by atoms with Crippen molar-refractivity contribution in [2.45, 2.75) is 30.6 Å². The molecule has 148 valence electrons. The van der Waals surface area contributed by atoms with E-state index in [-0.39, 0.29) is 22.5 Å². The Kier molecular flexibility index (Phi) is 5.81. The third kappa shape index (κ3) is 4.39. The Labute approximate surface area is 169 Å². The van der Waals surface area contributed by atoms with E-state index < -0.39 is 15.8 Å². The maximum atomic E-state index is 12.8. The first-order chi connectivity index (χ1) is 13.2. The standard InChI is InChI=1S/C20H22N2O4S2/c1-12-5-4-6-16(14(12)3)22-20(24)13(2)11-28(25,26)15-7-8-18-17(9-15)21-19(23)10-27-18/h4-9,13H,10-11H2,1-3H3,(H,21,23)(H,22,24)/t13-/m1/s1. The predicted octanol–water partition coefficient (Wildman–Crippen LogP) is 3.40. The van der Waals surface area contributed by atoms with Crippen molar-refractivity contribution in [3.63, 3.8) is 0 Å². The summed E-state index contributed by atoms with van der Waals surface area (Å²) in [6, 6.07) is 10.3. The molecular formula is C20H22N2O4S2. The normalized spacial score (nSPS) is 14.8. The molecule has 1 heterocycles. The number of amides is 2. The number of carbonyl (C=O) groups is 2. The first-order valence-electron chi connectivity index (χ1n) is 8.84. The molecule has 0 saturated heterocycles. The number of hydrogen-bond acceptors (Lipinski definition) is 5. The van der Waals surface area contributed by atoms with Crippen molar-refractivity contribution in [1.82, 2.24) is 0 Å². The monoisotopic (exact) mass is 418 g/mol. The molecule has 0 saturated carbocycles. The van der Waals surface area contributed by atoms with Crippen LogP contribution in [-0.2, 0) is 19.4 Å². The smallest absolute Gasteiger partial charge is 0.234 e. The average molecular weight is 419 g/mol. The van der Waals surface area contributed by atoms with E-state index in [0.717, 1.165) is 16.0 Å². The molecule has 2 aromatic rings. The Bertz CT molecular complexity index is 1050. The fourth-order valence-corrected chi connectivity index (χ4v) is 5.26. The number of carbonyl (C=O) groups excluding carboxylic acids is 2. The van der Waals surface area contributed by atoms with Crippen LogP contribution in [0.25, 0.3) is 0 Å². The Hall–Kier alpha value is -2.32. The molecule has 0 aromatic heterocycles. The second-order valence-electron chi connectivity index (χ2n) is 6.91. The number of aryl methyl sites for hydroxylation is 1. The molecular weight excluding hydrogens is 396 g/mol. The number of anilines is 2. The number of thioether (sulfide) groups is 1. The first-order valence-corrected chi connectivity index (χ1v) is 11.5. The van der Waals surface area contributed by atoms with Crippen LogP contribution in [0, 0.1) is 19.8 Å². The van der Waals surface area contributed by atoms with Gasteiger partial charge in [0.1, 0.15) is 0 Å². The summed E-state index contributed by atoms with van der Waals surface area (Å²) < 4.78 is 25.6. The van der Waals surface area contributed by atoms with E-state index in [0.29, 0.717) is 17.1 Å². The second kappa shape index (κ2) is 7.97. The highest BCUT2D eigenvalue weighted by molar-refractivity contribution is 8.00. The predicted molar refractivity (Wildman–Crippen MR) is 112 cm³/mol. The summed E-state index contributed by atoms with van der Waals surface area (Å²) in [6.45, 7) is 5.45. The van der Waals surface area contributed by atoms with Gasteiger partial charge in [-0.15, -0.1) is 11.8 Å². The molecule has 3 rings (SSSR count). The van der Waals surface area contributed by atoms with Gasteiger partial charge in [0.25, 0.3) is 0 Å². The average Bonchev–Trinajstić information content (AvgIpc) is 2.64. The maximum Gasteiger partial charge on any atom is 0.234 e. The zero-order valence-electron chi connectivity index (χ0n) is 15.9. The minimum Gasteiger partial charge on any atom is -0.326 e. The molecule has 8 heteroatoms. The van der Waals surface area contributed by atoms with Gasteiger partial charge in [-0.1, -0.05) is 19.1 Å². The Morgan fingerprint density at radius 1 is 1.25 bits per heavy atom. The number of fused-ring (bicyclic) bond motifs is 1. The van der Waals surface area contributed by atoms with E-state index in [9.17, 15) is 18.0 Å². The van der Waals surface area contributed by atoms with Crippen LogP contribution in [0.1, 0.15) is 18.1 Å². The van der Waals surface area contributed by atoms with Gasteiger partial charge in [0.05, 0.1) is 22.1 Å². The molecule has 2 amide bonds. The zero-order chi connectivity index (χ0) is 20.5. The maximum absolute atomic E-state index is 12.8. The van der Waals surface area contributed by atoms with Crippen molar-refractivity contribution in [3.8, 4) is 0 Å². The van der Waals surface area contributed by atoms with Crippen molar-refractivity contribution < 1.29 is 18.0 Å². The fraction of sp³-hybridized carbons (Fsp3) is 0.300. The lowest BCUT2D eigenvalue weighted by Gasteiger charge is -2.18. The summed E-state index contributed by atoms with van der Waals surface area (Å²) in [6.07, 6.45) is 0. The Balaban J connectivity index is 1.74. The van der Waals surface area contributed by atoms with Gasteiger partial charge in [-0.25, -0.2) is 8.42 Å². The molecule has 0 fully saturated rings. The molecule has 0 radical (unpaired) electrons. The molecule has 2 N–H and O–H groups in total. The molecule has 0 aliphatic carbocycles. The van der Waals surface area contributed by atoms with Crippen LogP contribution in [0.5, 0.6) is 0 Å². The molecule has 2 aromatic carbocycles. The minimum atomic E-state index is -3.69. The van der Waals surface area contributed by atoms with E-state index in [1.165, 1.54) is 23.9 Å². The van der Waals surface area contributed by atoms with Crippen LogP contribution < -0.4 is 10.6 Å². The molecule has 0 bridgehead atoms. The van der Waals surface area contributed by atoms with E-state index in [4.69, 9.17) is 0 Å². The number of rotatable bonds is 5. The summed E-state index contributed by atoms with van der Waals surface area (Å²) in [4.78, 5) is 25.0. The second-order valence-corrected chi connectivity index (χ2v) is 9.97. The number of benzene rings is 2. The van der Waals surface area contributed by atoms with Gasteiger partial charge >= 0.3 is 0 Å². The highest BCUT2D eigenvalue weighted by atomic mass is 32.2. The highest BCUT2D eigenvalue weighted by Crippen LogP contribution is 2.33. The SMILES string of the molecule is Cc1cccc(NC(=O)[C@H](C)CS(=O)(=O)c2ccc3c(c2)NC(=O)CS3)c1C. The summed E-state index contributed by atoms with van der Waals surface area (Å²) in [5, 5.41) is 5.51. The summed E-state index contributed by atoms with van der Waals surface area (Å²) in [5.41, 5.74) is 3.18. The van der Waals surface area contributed by atoms with Crippen LogP contribution in [0.15, 0.2) is 46.2 Å². The van der Waals surface area contributed by atoms with Gasteiger partial charge in [0.15, 0.2) is 9.84 Å². The van der Waals surface area contributed by atoms with Gasteiger partial charge in [-0.2, -0.15) is 0 Å². The summed E-state index contributed by atoms with van der Waals surface area (Å²) in [7, 11) is -3.69. The Morgan fingerprint density at radius 3 is 2.75 bits per heavy atom. The third-order valence-electron chi connectivity index (χ3n) is 4.72. The lowest BCUT2D eigenvalue weighted by Crippen LogP contribution is -2.27. The topological polar surface area (TPSA) is 92.3 Å². The highest BCUT2D eigenvalue weighted by Gasteiger charge is 2.25. The molecule has 0 unspecified atom stereocenters. The number of nitrogens with one attached hydrogen (secondary N) is 2. The first kappa shape index (κ1) is 20.4. The van der Waals surface area contributed by atoms with Gasteiger partial charge in [-0.3, -0.25) is 9.59 Å². The van der Waals surface area contributed by atoms with E-state index in [1.807, 2.05) is 26.0 Å². The summed E-state index contributed by atoms with van der Waals surface area (Å²) >= 11 is 1.37. The quantitative estimate of drug-likeness (QED) is 0.776. The van der Waals surface area contributed by atoms with Crippen LogP contribution in [0.4, 0.5) is 11.4 Å². The minimum absolute atomic E-state index is 0.0976. The van der Waals surface area contributed by atoms with Gasteiger partial charge in [0, 0.05) is 16.5 Å². The Morgan fingerprint density at radius 2 is 2.00 bits per heavy atom. The van der Waals surface area contributed by atoms with Crippen LogP contribution in [0.3, 0.4) is 0 Å². The lowest BCUT2D eigenvalue weighted by molar-refractivity contribution is -0.118. The van der Waals surface area contributed by atoms with Crippen LogP contribution in [0.2, 0.25) is 0 Å². The molecule has 1 aliphatic rings.